The topological polar surface area (TPSA) is 64.3 Å². The second-order valence-electron chi connectivity index (χ2n) is 4.83. The van der Waals surface area contributed by atoms with Crippen molar-refractivity contribution in [2.45, 2.75) is 51.2 Å². The van der Waals surface area contributed by atoms with Crippen molar-refractivity contribution in [1.82, 2.24) is 5.32 Å². The van der Waals surface area contributed by atoms with E-state index in [9.17, 15) is 4.79 Å². The van der Waals surface area contributed by atoms with E-state index in [1.807, 2.05) is 13.8 Å². The third-order valence-electron chi connectivity index (χ3n) is 2.68. The van der Waals surface area contributed by atoms with Crippen molar-refractivity contribution in [2.24, 2.45) is 5.73 Å². The van der Waals surface area contributed by atoms with Crippen LogP contribution in [-0.2, 0) is 9.53 Å². The van der Waals surface area contributed by atoms with Gasteiger partial charge in [0.1, 0.15) is 0 Å². The minimum atomic E-state index is -0.314. The molecule has 1 fully saturated rings. The first-order valence-electron chi connectivity index (χ1n) is 5.66. The zero-order valence-corrected chi connectivity index (χ0v) is 9.71. The third-order valence-corrected chi connectivity index (χ3v) is 2.68. The average Bonchev–Trinajstić information content (AvgIpc) is 2.18. The van der Waals surface area contributed by atoms with Gasteiger partial charge >= 0.3 is 0 Å². The summed E-state index contributed by atoms with van der Waals surface area (Å²) in [5.41, 5.74) is 5.23. The van der Waals surface area contributed by atoms with Crippen LogP contribution in [0.1, 0.15) is 39.5 Å². The van der Waals surface area contributed by atoms with Gasteiger partial charge in [-0.15, -0.1) is 0 Å². The lowest BCUT2D eigenvalue weighted by atomic mass is 10.0. The van der Waals surface area contributed by atoms with E-state index in [1.165, 1.54) is 0 Å². The summed E-state index contributed by atoms with van der Waals surface area (Å²) in [5.74, 6) is 0.0392. The van der Waals surface area contributed by atoms with Crippen LogP contribution in [0, 0.1) is 0 Å². The number of nitrogens with two attached hydrogens (primary N) is 1. The molecule has 0 radical (unpaired) electrons. The van der Waals surface area contributed by atoms with E-state index in [0.717, 1.165) is 25.9 Å². The third kappa shape index (κ3) is 4.62. The molecule has 0 bridgehead atoms. The smallest absolute Gasteiger partial charge is 0.223 e. The Hall–Kier alpha value is -0.610. The van der Waals surface area contributed by atoms with Gasteiger partial charge < -0.3 is 15.8 Å². The number of amides is 1. The molecular weight excluding hydrogens is 192 g/mol. The molecule has 0 aromatic heterocycles. The van der Waals surface area contributed by atoms with Crippen molar-refractivity contribution < 1.29 is 9.53 Å². The van der Waals surface area contributed by atoms with E-state index in [4.69, 9.17) is 10.5 Å². The summed E-state index contributed by atoms with van der Waals surface area (Å²) in [5, 5.41) is 2.91. The van der Waals surface area contributed by atoms with Crippen molar-refractivity contribution >= 4 is 5.91 Å². The summed E-state index contributed by atoms with van der Waals surface area (Å²) < 4.78 is 5.50. The highest BCUT2D eigenvalue weighted by molar-refractivity contribution is 5.77. The van der Waals surface area contributed by atoms with E-state index < -0.39 is 0 Å². The van der Waals surface area contributed by atoms with Gasteiger partial charge in [0, 0.05) is 18.7 Å². The Balaban J connectivity index is 2.28. The quantitative estimate of drug-likeness (QED) is 0.727. The molecule has 88 valence electrons. The fourth-order valence-electron chi connectivity index (χ4n) is 1.65. The van der Waals surface area contributed by atoms with Crippen LogP contribution in [0.2, 0.25) is 0 Å². The molecule has 3 N–H and O–H groups in total. The molecule has 4 nitrogen and oxygen atoms in total. The Bertz CT molecular complexity index is 211. The summed E-state index contributed by atoms with van der Waals surface area (Å²) in [4.78, 5) is 11.6. The summed E-state index contributed by atoms with van der Waals surface area (Å²) in [7, 11) is 0. The maximum Gasteiger partial charge on any atom is 0.223 e. The van der Waals surface area contributed by atoms with Crippen LogP contribution in [0.25, 0.3) is 0 Å². The first-order chi connectivity index (χ1) is 7.03. The van der Waals surface area contributed by atoms with Crippen LogP contribution in [0.3, 0.4) is 0 Å². The van der Waals surface area contributed by atoms with E-state index in [1.54, 1.807) is 0 Å². The highest BCUT2D eigenvalue weighted by Crippen LogP contribution is 2.15. The summed E-state index contributed by atoms with van der Waals surface area (Å²) in [6, 6.07) is 0. The van der Waals surface area contributed by atoms with Gasteiger partial charge in [0.2, 0.25) is 5.91 Å². The molecule has 0 saturated carbocycles. The molecule has 1 heterocycles. The van der Waals surface area contributed by atoms with E-state index >= 15 is 0 Å². The molecule has 0 aromatic carbocycles. The molecule has 0 aromatic rings. The van der Waals surface area contributed by atoms with Gasteiger partial charge in [0.25, 0.3) is 0 Å². The number of carbonyl (C=O) groups is 1. The van der Waals surface area contributed by atoms with Crippen LogP contribution in [-0.4, -0.2) is 30.7 Å². The molecule has 4 heteroatoms. The van der Waals surface area contributed by atoms with Crippen LogP contribution in [0.4, 0.5) is 0 Å². The zero-order valence-electron chi connectivity index (χ0n) is 9.71. The van der Waals surface area contributed by atoms with Crippen molar-refractivity contribution in [3.63, 3.8) is 0 Å². The molecule has 1 aliphatic heterocycles. The minimum absolute atomic E-state index is 0.0392. The zero-order chi connectivity index (χ0) is 11.3. The molecule has 1 saturated heterocycles. The SMILES string of the molecule is CC(C)(CN)NC(=O)CC1CCCCO1. The van der Waals surface area contributed by atoms with Gasteiger partial charge in [-0.05, 0) is 33.1 Å². The van der Waals surface area contributed by atoms with E-state index in [0.29, 0.717) is 13.0 Å². The molecular formula is C11H22N2O2. The molecule has 1 aliphatic rings. The Labute approximate surface area is 91.5 Å². The normalized spacial score (nSPS) is 22.5. The average molecular weight is 214 g/mol. The molecule has 1 amide bonds. The monoisotopic (exact) mass is 214 g/mol. The van der Waals surface area contributed by atoms with Crippen molar-refractivity contribution in [1.29, 1.82) is 0 Å². The van der Waals surface area contributed by atoms with Crippen molar-refractivity contribution in [3.8, 4) is 0 Å². The summed E-state index contributed by atoms with van der Waals surface area (Å²) >= 11 is 0. The number of hydrogen-bond donors (Lipinski definition) is 2. The van der Waals surface area contributed by atoms with Gasteiger partial charge in [-0.2, -0.15) is 0 Å². The van der Waals surface area contributed by atoms with Crippen LogP contribution < -0.4 is 11.1 Å². The Morgan fingerprint density at radius 2 is 2.27 bits per heavy atom. The number of hydrogen-bond acceptors (Lipinski definition) is 3. The number of nitrogens with one attached hydrogen (secondary N) is 1. The van der Waals surface area contributed by atoms with E-state index in [2.05, 4.69) is 5.32 Å². The molecule has 1 rings (SSSR count). The van der Waals surface area contributed by atoms with Gasteiger partial charge in [-0.25, -0.2) is 0 Å². The second kappa shape index (κ2) is 5.47. The maximum absolute atomic E-state index is 11.6. The maximum atomic E-state index is 11.6. The van der Waals surface area contributed by atoms with Crippen LogP contribution in [0.15, 0.2) is 0 Å². The van der Waals surface area contributed by atoms with Crippen molar-refractivity contribution in [2.75, 3.05) is 13.2 Å². The molecule has 0 aliphatic carbocycles. The highest BCUT2D eigenvalue weighted by Gasteiger charge is 2.22. The first kappa shape index (κ1) is 12.5. The summed E-state index contributed by atoms with van der Waals surface area (Å²) in [6.45, 7) is 5.09. The predicted octanol–water partition coefficient (Wildman–Crippen LogP) is 0.799. The molecule has 0 spiro atoms. The lowest BCUT2D eigenvalue weighted by Gasteiger charge is -2.27. The number of ether oxygens (including phenoxy) is 1. The molecule has 1 unspecified atom stereocenters. The minimum Gasteiger partial charge on any atom is -0.378 e. The Morgan fingerprint density at radius 3 is 2.80 bits per heavy atom. The molecule has 1 atom stereocenters. The standard InChI is InChI=1S/C11H22N2O2/c1-11(2,8-12)13-10(14)7-9-5-3-4-6-15-9/h9H,3-8,12H2,1-2H3,(H,13,14). The van der Waals surface area contributed by atoms with Gasteiger partial charge in [0.05, 0.1) is 12.5 Å². The summed E-state index contributed by atoms with van der Waals surface area (Å²) in [6.07, 6.45) is 3.84. The first-order valence-corrected chi connectivity index (χ1v) is 5.66. The number of rotatable bonds is 4. The van der Waals surface area contributed by atoms with Crippen LogP contribution in [0.5, 0.6) is 0 Å². The fourth-order valence-corrected chi connectivity index (χ4v) is 1.65. The number of carbonyl (C=O) groups excluding carboxylic acids is 1. The van der Waals surface area contributed by atoms with Crippen molar-refractivity contribution in [3.05, 3.63) is 0 Å². The van der Waals surface area contributed by atoms with Gasteiger partial charge in [0.15, 0.2) is 0 Å². The van der Waals surface area contributed by atoms with Gasteiger partial charge in [-0.1, -0.05) is 0 Å². The lowest BCUT2D eigenvalue weighted by molar-refractivity contribution is -0.126. The Morgan fingerprint density at radius 1 is 1.53 bits per heavy atom. The lowest BCUT2D eigenvalue weighted by Crippen LogP contribution is -2.49. The molecule has 15 heavy (non-hydrogen) atoms. The van der Waals surface area contributed by atoms with E-state index in [-0.39, 0.29) is 17.6 Å². The van der Waals surface area contributed by atoms with Gasteiger partial charge in [-0.3, -0.25) is 4.79 Å². The largest absolute Gasteiger partial charge is 0.378 e. The highest BCUT2D eigenvalue weighted by atomic mass is 16.5. The fraction of sp³-hybridized carbons (Fsp3) is 0.909. The van der Waals surface area contributed by atoms with Crippen LogP contribution >= 0.6 is 0 Å². The Kier molecular flexibility index (Phi) is 4.54. The second-order valence-corrected chi connectivity index (χ2v) is 4.83. The predicted molar refractivity (Wildman–Crippen MR) is 59.5 cm³/mol.